The van der Waals surface area contributed by atoms with E-state index in [1.807, 2.05) is 0 Å². The van der Waals surface area contributed by atoms with Crippen LogP contribution in [0.25, 0.3) is 0 Å². The Morgan fingerprint density at radius 3 is 2.79 bits per heavy atom. The van der Waals surface area contributed by atoms with E-state index in [4.69, 9.17) is 10.9 Å². The van der Waals surface area contributed by atoms with Crippen molar-refractivity contribution in [1.29, 1.82) is 0 Å². The van der Waals surface area contributed by atoms with E-state index in [0.717, 1.165) is 30.6 Å². The topological polar surface area (TPSA) is 55.9 Å². The lowest BCUT2D eigenvalue weighted by Gasteiger charge is -2.23. The van der Waals surface area contributed by atoms with E-state index in [9.17, 15) is 0 Å². The molecule has 106 valence electrons. The first-order chi connectivity index (χ1) is 9.21. The second-order valence-corrected chi connectivity index (χ2v) is 6.51. The molecule has 4 unspecified atom stereocenters. The molecule has 3 N–H and O–H groups in total. The first kappa shape index (κ1) is 13.1. The lowest BCUT2D eigenvalue weighted by Crippen LogP contribution is -2.42. The third-order valence-electron chi connectivity index (χ3n) is 5.20. The zero-order chi connectivity index (χ0) is 13.4. The molecule has 0 amide bonds. The monoisotopic (exact) mass is 262 g/mol. The quantitative estimate of drug-likeness (QED) is 0.611. The third-order valence-corrected chi connectivity index (χ3v) is 5.20. The Balaban J connectivity index is 1.60. The highest BCUT2D eigenvalue weighted by molar-refractivity contribution is 5.06. The van der Waals surface area contributed by atoms with Gasteiger partial charge in [0.1, 0.15) is 0 Å². The van der Waals surface area contributed by atoms with Crippen molar-refractivity contribution in [2.45, 2.75) is 58.0 Å². The molecule has 2 aliphatic carbocycles. The van der Waals surface area contributed by atoms with Crippen LogP contribution in [0.5, 0.6) is 0 Å². The Morgan fingerprint density at radius 2 is 2.16 bits per heavy atom. The van der Waals surface area contributed by atoms with E-state index in [0.29, 0.717) is 12.1 Å². The summed E-state index contributed by atoms with van der Waals surface area (Å²) < 4.78 is 2.08. The highest BCUT2D eigenvalue weighted by Crippen LogP contribution is 2.55. The molecule has 1 heterocycles. The average molecular weight is 262 g/mol. The van der Waals surface area contributed by atoms with E-state index in [-0.39, 0.29) is 0 Å². The SMILES string of the molecule is CCC(C)n1ccc(CC(NN)C2CC3CC3C2)n1. The Hall–Kier alpha value is -0.870. The van der Waals surface area contributed by atoms with Gasteiger partial charge in [0.25, 0.3) is 0 Å². The number of aromatic nitrogens is 2. The predicted molar refractivity (Wildman–Crippen MR) is 76.4 cm³/mol. The highest BCUT2D eigenvalue weighted by Gasteiger charge is 2.47. The van der Waals surface area contributed by atoms with Crippen LogP contribution < -0.4 is 11.3 Å². The van der Waals surface area contributed by atoms with Gasteiger partial charge < -0.3 is 0 Å². The van der Waals surface area contributed by atoms with Gasteiger partial charge in [0.15, 0.2) is 0 Å². The summed E-state index contributed by atoms with van der Waals surface area (Å²) in [7, 11) is 0. The van der Waals surface area contributed by atoms with Gasteiger partial charge in [-0.1, -0.05) is 6.92 Å². The largest absolute Gasteiger partial charge is 0.271 e. The van der Waals surface area contributed by atoms with Crippen molar-refractivity contribution in [2.75, 3.05) is 0 Å². The fourth-order valence-corrected chi connectivity index (χ4v) is 3.60. The highest BCUT2D eigenvalue weighted by atomic mass is 15.3. The number of nitrogens with one attached hydrogen (secondary N) is 1. The van der Waals surface area contributed by atoms with Crippen LogP contribution in [0.1, 0.15) is 51.3 Å². The molecule has 0 aromatic carbocycles. The number of fused-ring (bicyclic) bond motifs is 1. The summed E-state index contributed by atoms with van der Waals surface area (Å²) in [6.45, 7) is 4.40. The maximum Gasteiger partial charge on any atom is 0.0640 e. The van der Waals surface area contributed by atoms with Crippen molar-refractivity contribution in [1.82, 2.24) is 15.2 Å². The minimum absolute atomic E-state index is 0.396. The van der Waals surface area contributed by atoms with Crippen LogP contribution in [0.4, 0.5) is 0 Å². The van der Waals surface area contributed by atoms with Crippen LogP contribution in [0.3, 0.4) is 0 Å². The molecule has 0 bridgehead atoms. The van der Waals surface area contributed by atoms with Crippen LogP contribution in [-0.2, 0) is 6.42 Å². The molecule has 4 nitrogen and oxygen atoms in total. The fourth-order valence-electron chi connectivity index (χ4n) is 3.60. The molecule has 1 aromatic heterocycles. The van der Waals surface area contributed by atoms with Crippen molar-refractivity contribution in [3.05, 3.63) is 18.0 Å². The zero-order valence-corrected chi connectivity index (χ0v) is 12.0. The first-order valence-electron chi connectivity index (χ1n) is 7.71. The Bertz CT molecular complexity index is 418. The van der Waals surface area contributed by atoms with Gasteiger partial charge in [0.2, 0.25) is 0 Å². The van der Waals surface area contributed by atoms with Gasteiger partial charge in [-0.05, 0) is 56.4 Å². The Kier molecular flexibility index (Phi) is 3.63. The van der Waals surface area contributed by atoms with Crippen LogP contribution in [0.15, 0.2) is 12.3 Å². The van der Waals surface area contributed by atoms with Crippen LogP contribution in [-0.4, -0.2) is 15.8 Å². The van der Waals surface area contributed by atoms with Crippen molar-refractivity contribution in [2.24, 2.45) is 23.6 Å². The van der Waals surface area contributed by atoms with Gasteiger partial charge in [0, 0.05) is 24.7 Å². The predicted octanol–water partition coefficient (Wildman–Crippen LogP) is 2.27. The molecule has 4 atom stereocenters. The molecule has 0 radical (unpaired) electrons. The summed E-state index contributed by atoms with van der Waals surface area (Å²) in [4.78, 5) is 0. The standard InChI is InChI=1S/C15H26N4/c1-3-10(2)19-5-4-14(18-19)9-15(17-16)13-7-11-6-12(11)8-13/h4-5,10-13,15,17H,3,6-9,16H2,1-2H3. The minimum atomic E-state index is 0.396. The number of hydrogen-bond acceptors (Lipinski definition) is 3. The zero-order valence-electron chi connectivity index (χ0n) is 12.0. The molecule has 1 aromatic rings. The molecular weight excluding hydrogens is 236 g/mol. The summed E-state index contributed by atoms with van der Waals surface area (Å²) >= 11 is 0. The summed E-state index contributed by atoms with van der Waals surface area (Å²) in [5, 5.41) is 4.69. The smallest absolute Gasteiger partial charge is 0.0640 e. The van der Waals surface area contributed by atoms with E-state index in [1.54, 1.807) is 0 Å². The Labute approximate surface area is 115 Å². The van der Waals surface area contributed by atoms with Crippen molar-refractivity contribution in [3.63, 3.8) is 0 Å². The number of nitrogens with zero attached hydrogens (tertiary/aromatic N) is 2. The van der Waals surface area contributed by atoms with E-state index < -0.39 is 0 Å². The summed E-state index contributed by atoms with van der Waals surface area (Å²) in [6.07, 6.45) is 8.38. The van der Waals surface area contributed by atoms with Crippen LogP contribution in [0, 0.1) is 17.8 Å². The molecule has 2 aliphatic rings. The van der Waals surface area contributed by atoms with Gasteiger partial charge in [-0.2, -0.15) is 5.10 Å². The number of rotatable bonds is 6. The fraction of sp³-hybridized carbons (Fsp3) is 0.800. The summed E-state index contributed by atoms with van der Waals surface area (Å²) in [5.41, 5.74) is 4.21. The second kappa shape index (κ2) is 5.25. The lowest BCUT2D eigenvalue weighted by molar-refractivity contribution is 0.332. The molecule has 2 saturated carbocycles. The lowest BCUT2D eigenvalue weighted by atomic mass is 9.92. The van der Waals surface area contributed by atoms with Gasteiger partial charge in [0.05, 0.1) is 5.69 Å². The molecule has 3 rings (SSSR count). The maximum absolute atomic E-state index is 5.77. The van der Waals surface area contributed by atoms with E-state index in [2.05, 4.69) is 36.2 Å². The average Bonchev–Trinajstić information content (AvgIpc) is 2.86. The van der Waals surface area contributed by atoms with Crippen molar-refractivity contribution >= 4 is 0 Å². The van der Waals surface area contributed by atoms with Crippen LogP contribution >= 0.6 is 0 Å². The van der Waals surface area contributed by atoms with Crippen LogP contribution in [0.2, 0.25) is 0 Å². The minimum Gasteiger partial charge on any atom is -0.271 e. The maximum atomic E-state index is 5.77. The Morgan fingerprint density at radius 1 is 1.42 bits per heavy atom. The number of hydrogen-bond donors (Lipinski definition) is 2. The van der Waals surface area contributed by atoms with Gasteiger partial charge >= 0.3 is 0 Å². The van der Waals surface area contributed by atoms with Gasteiger partial charge in [-0.15, -0.1) is 0 Å². The first-order valence-corrected chi connectivity index (χ1v) is 7.71. The molecule has 0 saturated heterocycles. The molecule has 0 spiro atoms. The molecule has 4 heteroatoms. The third kappa shape index (κ3) is 2.70. The van der Waals surface area contributed by atoms with Gasteiger partial charge in [-0.25, -0.2) is 0 Å². The number of hydrazine groups is 1. The molecular formula is C15H26N4. The summed E-state index contributed by atoms with van der Waals surface area (Å²) in [5.74, 6) is 8.55. The molecule has 2 fully saturated rings. The molecule has 0 aliphatic heterocycles. The second-order valence-electron chi connectivity index (χ2n) is 6.51. The summed E-state index contributed by atoms with van der Waals surface area (Å²) in [6, 6.07) is 3.02. The van der Waals surface area contributed by atoms with Crippen molar-refractivity contribution in [3.8, 4) is 0 Å². The number of nitrogens with two attached hydrogens (primary N) is 1. The van der Waals surface area contributed by atoms with E-state index in [1.165, 1.54) is 25.0 Å². The normalized spacial score (nSPS) is 32.1. The van der Waals surface area contributed by atoms with Crippen molar-refractivity contribution < 1.29 is 0 Å². The molecule has 19 heavy (non-hydrogen) atoms. The van der Waals surface area contributed by atoms with Gasteiger partial charge in [-0.3, -0.25) is 16.0 Å². The van der Waals surface area contributed by atoms with E-state index >= 15 is 0 Å².